The van der Waals surface area contributed by atoms with Gasteiger partial charge in [-0.1, -0.05) is 17.4 Å². The third-order valence-corrected chi connectivity index (χ3v) is 6.79. The molecule has 156 valence electrons. The van der Waals surface area contributed by atoms with Gasteiger partial charge in [0.2, 0.25) is 5.91 Å². The van der Waals surface area contributed by atoms with Gasteiger partial charge in [0.1, 0.15) is 11.3 Å². The van der Waals surface area contributed by atoms with Crippen LogP contribution in [0, 0.1) is 5.92 Å². The molecular formula is C21H23N5O2S2. The van der Waals surface area contributed by atoms with Crippen molar-refractivity contribution in [2.45, 2.75) is 24.3 Å². The third-order valence-electron chi connectivity index (χ3n) is 5.05. The van der Waals surface area contributed by atoms with Crippen molar-refractivity contribution in [2.24, 2.45) is 5.92 Å². The maximum absolute atomic E-state index is 12.6. The second-order valence-electron chi connectivity index (χ2n) is 7.13. The predicted octanol–water partition coefficient (Wildman–Crippen LogP) is 4.05. The van der Waals surface area contributed by atoms with E-state index < -0.39 is 0 Å². The highest BCUT2D eigenvalue weighted by Gasteiger charge is 2.25. The first-order valence-electron chi connectivity index (χ1n) is 9.92. The lowest BCUT2D eigenvalue weighted by atomic mass is 9.96. The molecular weight excluding hydrogens is 418 g/mol. The maximum atomic E-state index is 12.6. The van der Waals surface area contributed by atoms with E-state index in [1.54, 1.807) is 6.20 Å². The zero-order chi connectivity index (χ0) is 20.8. The van der Waals surface area contributed by atoms with E-state index in [-0.39, 0.29) is 11.8 Å². The zero-order valence-corrected chi connectivity index (χ0v) is 18.0. The summed E-state index contributed by atoms with van der Waals surface area (Å²) in [6.45, 7) is 2.49. The molecule has 0 bridgehead atoms. The normalized spacial score (nSPS) is 15.2. The van der Waals surface area contributed by atoms with Gasteiger partial charge >= 0.3 is 0 Å². The van der Waals surface area contributed by atoms with Crippen molar-refractivity contribution in [1.82, 2.24) is 14.9 Å². The Morgan fingerprint density at radius 3 is 2.90 bits per heavy atom. The lowest BCUT2D eigenvalue weighted by molar-refractivity contribution is -0.121. The van der Waals surface area contributed by atoms with Crippen molar-refractivity contribution in [3.8, 4) is 0 Å². The number of pyridine rings is 1. The largest absolute Gasteiger partial charge is 0.324 e. The standard InChI is InChI=1S/C21H23N5O2S2/c27-13-3-10-26-11-7-15(8-12-26)20(28)24-21-23-17-14-16(5-6-18(17)29-21)25-30-19-4-1-2-9-22-19/h1-2,4-6,9,13-15,25H,3,7-8,10-12H2,(H,23,24,28). The van der Waals surface area contributed by atoms with Gasteiger partial charge in [0, 0.05) is 42.7 Å². The molecule has 30 heavy (non-hydrogen) atoms. The Morgan fingerprint density at radius 1 is 1.27 bits per heavy atom. The van der Waals surface area contributed by atoms with E-state index in [1.807, 2.05) is 36.4 Å². The van der Waals surface area contributed by atoms with Gasteiger partial charge in [0.05, 0.1) is 10.2 Å². The van der Waals surface area contributed by atoms with Crippen LogP contribution in [-0.2, 0) is 9.59 Å². The molecule has 0 radical (unpaired) electrons. The van der Waals surface area contributed by atoms with Crippen LogP contribution < -0.4 is 10.0 Å². The number of thiazole rings is 1. The number of fused-ring (bicyclic) bond motifs is 1. The van der Waals surface area contributed by atoms with Crippen LogP contribution in [0.1, 0.15) is 19.3 Å². The van der Waals surface area contributed by atoms with Crippen molar-refractivity contribution < 1.29 is 9.59 Å². The molecule has 7 nitrogen and oxygen atoms in total. The number of anilines is 2. The minimum Gasteiger partial charge on any atom is -0.324 e. The van der Waals surface area contributed by atoms with Crippen molar-refractivity contribution in [1.29, 1.82) is 0 Å². The molecule has 1 fully saturated rings. The van der Waals surface area contributed by atoms with Crippen molar-refractivity contribution in [3.63, 3.8) is 0 Å². The second kappa shape index (κ2) is 10.0. The van der Waals surface area contributed by atoms with Gasteiger partial charge in [-0.3, -0.25) is 4.79 Å². The van der Waals surface area contributed by atoms with E-state index in [4.69, 9.17) is 0 Å². The Kier molecular flexibility index (Phi) is 6.93. The molecule has 4 rings (SSSR count). The van der Waals surface area contributed by atoms with E-state index in [9.17, 15) is 9.59 Å². The predicted molar refractivity (Wildman–Crippen MR) is 122 cm³/mol. The molecule has 0 saturated carbocycles. The highest BCUT2D eigenvalue weighted by molar-refractivity contribution is 8.00. The maximum Gasteiger partial charge on any atom is 0.229 e. The molecule has 1 aliphatic heterocycles. The summed E-state index contributed by atoms with van der Waals surface area (Å²) >= 11 is 2.93. The van der Waals surface area contributed by atoms with Gasteiger partial charge in [-0.05, 0) is 56.3 Å². The van der Waals surface area contributed by atoms with Gasteiger partial charge in [-0.2, -0.15) is 0 Å². The number of nitrogens with zero attached hydrogens (tertiary/aromatic N) is 3. The number of piperidine rings is 1. The fourth-order valence-corrected chi connectivity index (χ4v) is 4.88. The topological polar surface area (TPSA) is 87.2 Å². The molecule has 1 amide bonds. The number of nitrogens with one attached hydrogen (secondary N) is 2. The van der Waals surface area contributed by atoms with Crippen LogP contribution in [0.2, 0.25) is 0 Å². The van der Waals surface area contributed by atoms with Gasteiger partial charge in [-0.15, -0.1) is 0 Å². The Hall–Kier alpha value is -2.49. The lowest BCUT2D eigenvalue weighted by Gasteiger charge is -2.30. The first-order chi connectivity index (χ1) is 14.7. The Balaban J connectivity index is 1.33. The van der Waals surface area contributed by atoms with Crippen LogP contribution in [0.25, 0.3) is 10.2 Å². The van der Waals surface area contributed by atoms with Gasteiger partial charge in [0.25, 0.3) is 0 Å². The van der Waals surface area contributed by atoms with Gasteiger partial charge in [-0.25, -0.2) is 9.97 Å². The second-order valence-corrected chi connectivity index (χ2v) is 8.99. The van der Waals surface area contributed by atoms with Crippen LogP contribution in [0.3, 0.4) is 0 Å². The summed E-state index contributed by atoms with van der Waals surface area (Å²) in [5, 5.41) is 4.52. The highest BCUT2D eigenvalue weighted by Crippen LogP contribution is 2.30. The molecule has 3 aromatic rings. The van der Waals surface area contributed by atoms with E-state index in [0.717, 1.165) is 59.7 Å². The summed E-state index contributed by atoms with van der Waals surface area (Å²) in [7, 11) is 0. The molecule has 9 heteroatoms. The average molecular weight is 442 g/mol. The first-order valence-corrected chi connectivity index (χ1v) is 11.6. The SMILES string of the molecule is O=CCCN1CCC(C(=O)Nc2nc3cc(NSc4ccccn4)ccc3s2)CC1. The van der Waals surface area contributed by atoms with Crippen molar-refractivity contribution >= 4 is 56.5 Å². The fraction of sp³-hybridized carbons (Fsp3) is 0.333. The summed E-state index contributed by atoms with van der Waals surface area (Å²) in [4.78, 5) is 34.3. The van der Waals surface area contributed by atoms with E-state index in [1.165, 1.54) is 23.3 Å². The summed E-state index contributed by atoms with van der Waals surface area (Å²) in [6, 6.07) is 11.8. The molecule has 3 heterocycles. The van der Waals surface area contributed by atoms with E-state index >= 15 is 0 Å². The Bertz CT molecular complexity index is 1000. The summed E-state index contributed by atoms with van der Waals surface area (Å²) in [5.41, 5.74) is 1.79. The van der Waals surface area contributed by atoms with Crippen LogP contribution in [0.5, 0.6) is 0 Å². The molecule has 0 aliphatic carbocycles. The van der Waals surface area contributed by atoms with Crippen molar-refractivity contribution in [2.75, 3.05) is 29.7 Å². The molecule has 1 saturated heterocycles. The number of likely N-dealkylation sites (tertiary alicyclic amines) is 1. The number of benzene rings is 1. The average Bonchev–Trinajstić information content (AvgIpc) is 3.18. The monoisotopic (exact) mass is 441 g/mol. The van der Waals surface area contributed by atoms with Crippen molar-refractivity contribution in [3.05, 3.63) is 42.6 Å². The molecule has 2 aromatic heterocycles. The van der Waals surface area contributed by atoms with Crippen LogP contribution >= 0.6 is 23.3 Å². The molecule has 0 unspecified atom stereocenters. The van der Waals surface area contributed by atoms with E-state index in [0.29, 0.717) is 11.6 Å². The zero-order valence-electron chi connectivity index (χ0n) is 16.4. The van der Waals surface area contributed by atoms with Crippen LogP contribution in [0.4, 0.5) is 10.8 Å². The molecule has 0 atom stereocenters. The summed E-state index contributed by atoms with van der Waals surface area (Å²) in [6.07, 6.45) is 4.89. The number of rotatable bonds is 8. The number of hydrogen-bond donors (Lipinski definition) is 2. The smallest absolute Gasteiger partial charge is 0.229 e. The van der Waals surface area contributed by atoms with E-state index in [2.05, 4.69) is 24.9 Å². The Labute approximate surface area is 183 Å². The van der Waals surface area contributed by atoms with Crippen LogP contribution in [-0.4, -0.2) is 46.7 Å². The van der Waals surface area contributed by atoms with Gasteiger partial charge in [0.15, 0.2) is 5.13 Å². The third kappa shape index (κ3) is 5.35. The molecule has 1 aliphatic rings. The number of amides is 1. The minimum atomic E-state index is -0.00325. The number of hydrogen-bond acceptors (Lipinski definition) is 8. The molecule has 0 spiro atoms. The van der Waals surface area contributed by atoms with Gasteiger partial charge < -0.3 is 19.7 Å². The molecule has 1 aromatic carbocycles. The van der Waals surface area contributed by atoms with Crippen LogP contribution in [0.15, 0.2) is 47.6 Å². The first kappa shape index (κ1) is 20.8. The quantitative estimate of drug-likeness (QED) is 0.403. The number of aromatic nitrogens is 2. The number of carbonyl (C=O) groups is 2. The summed E-state index contributed by atoms with van der Waals surface area (Å²) in [5.74, 6) is 0.0321. The number of aldehydes is 1. The molecule has 2 N–H and O–H groups in total. The highest BCUT2D eigenvalue weighted by atomic mass is 32.2. The summed E-state index contributed by atoms with van der Waals surface area (Å²) < 4.78 is 4.31. The Morgan fingerprint density at radius 2 is 2.13 bits per heavy atom. The fourth-order valence-electron chi connectivity index (χ4n) is 3.42. The minimum absolute atomic E-state index is 0.00325. The number of carbonyl (C=O) groups excluding carboxylic acids is 2. The lowest BCUT2D eigenvalue weighted by Crippen LogP contribution is -2.38.